The highest BCUT2D eigenvalue weighted by Crippen LogP contribution is 2.31. The molecule has 1 heterocycles. The van der Waals surface area contributed by atoms with Crippen LogP contribution in [0.3, 0.4) is 0 Å². The van der Waals surface area contributed by atoms with E-state index in [1.54, 1.807) is 6.92 Å². The van der Waals surface area contributed by atoms with E-state index < -0.39 is 5.97 Å². The van der Waals surface area contributed by atoms with E-state index in [2.05, 4.69) is 48.3 Å². The molecule has 1 aromatic heterocycles. The molecule has 3 nitrogen and oxygen atoms in total. The number of hydrogen-bond acceptors (Lipinski definition) is 3. The maximum Gasteiger partial charge on any atom is 0.356 e. The van der Waals surface area contributed by atoms with Crippen molar-refractivity contribution in [3.63, 3.8) is 0 Å². The van der Waals surface area contributed by atoms with Gasteiger partial charge in [0.05, 0.1) is 12.1 Å². The predicted molar refractivity (Wildman–Crippen MR) is 105 cm³/mol. The van der Waals surface area contributed by atoms with Crippen LogP contribution in [0.15, 0.2) is 66.7 Å². The van der Waals surface area contributed by atoms with Crippen LogP contribution in [-0.2, 0) is 4.74 Å². The predicted octanol–water partition coefficient (Wildman–Crippen LogP) is 5.54. The minimum absolute atomic E-state index is 0.331. The number of nitrogens with zero attached hydrogens (tertiary/aromatic N) is 1. The fourth-order valence-electron chi connectivity index (χ4n) is 3.24. The van der Waals surface area contributed by atoms with Crippen LogP contribution in [0.1, 0.15) is 23.0 Å². The van der Waals surface area contributed by atoms with E-state index in [4.69, 9.17) is 4.74 Å². The molecule has 0 saturated carbocycles. The molecule has 26 heavy (non-hydrogen) atoms. The fourth-order valence-corrected chi connectivity index (χ4v) is 3.24. The Morgan fingerprint density at radius 2 is 1.77 bits per heavy atom. The van der Waals surface area contributed by atoms with E-state index in [-0.39, 0.29) is 0 Å². The van der Waals surface area contributed by atoms with Gasteiger partial charge in [0.25, 0.3) is 0 Å². The molecule has 0 aliphatic rings. The number of esters is 1. The average Bonchev–Trinajstić information content (AvgIpc) is 2.67. The van der Waals surface area contributed by atoms with Crippen LogP contribution in [0.4, 0.5) is 0 Å². The molecule has 0 amide bonds. The van der Waals surface area contributed by atoms with Gasteiger partial charge < -0.3 is 4.74 Å². The molecule has 0 aliphatic carbocycles. The van der Waals surface area contributed by atoms with Crippen molar-refractivity contribution in [3.8, 4) is 11.1 Å². The SMILES string of the molecule is CCOC(=O)c1cc(-c2ccc3ccccc3c2)c2cc(C)ccc2n1. The van der Waals surface area contributed by atoms with Gasteiger partial charge in [-0.25, -0.2) is 9.78 Å². The topological polar surface area (TPSA) is 39.2 Å². The van der Waals surface area contributed by atoms with Gasteiger partial charge in [-0.05, 0) is 60.0 Å². The van der Waals surface area contributed by atoms with Crippen molar-refractivity contribution in [2.45, 2.75) is 13.8 Å². The molecule has 0 radical (unpaired) electrons. The lowest BCUT2D eigenvalue weighted by Gasteiger charge is -2.11. The zero-order chi connectivity index (χ0) is 18.1. The molecule has 0 unspecified atom stereocenters. The molecule has 0 saturated heterocycles. The smallest absolute Gasteiger partial charge is 0.356 e. The summed E-state index contributed by atoms with van der Waals surface area (Å²) < 4.78 is 5.16. The quantitative estimate of drug-likeness (QED) is 0.459. The van der Waals surface area contributed by atoms with E-state index in [0.717, 1.165) is 27.6 Å². The first kappa shape index (κ1) is 16.3. The maximum atomic E-state index is 12.3. The Morgan fingerprint density at radius 1 is 0.962 bits per heavy atom. The molecule has 0 N–H and O–H groups in total. The van der Waals surface area contributed by atoms with Gasteiger partial charge in [0.2, 0.25) is 0 Å². The van der Waals surface area contributed by atoms with E-state index in [1.165, 1.54) is 10.8 Å². The van der Waals surface area contributed by atoms with Gasteiger partial charge in [-0.3, -0.25) is 0 Å². The zero-order valence-electron chi connectivity index (χ0n) is 14.8. The summed E-state index contributed by atoms with van der Waals surface area (Å²) in [7, 11) is 0. The van der Waals surface area contributed by atoms with E-state index in [1.807, 2.05) is 30.3 Å². The fraction of sp³-hybridized carbons (Fsp3) is 0.130. The number of fused-ring (bicyclic) bond motifs is 2. The highest BCUT2D eigenvalue weighted by molar-refractivity contribution is 6.01. The van der Waals surface area contributed by atoms with Crippen molar-refractivity contribution in [1.29, 1.82) is 0 Å². The van der Waals surface area contributed by atoms with Crippen molar-refractivity contribution < 1.29 is 9.53 Å². The molecule has 3 aromatic carbocycles. The summed E-state index contributed by atoms with van der Waals surface area (Å²) >= 11 is 0. The second-order valence-electron chi connectivity index (χ2n) is 6.36. The molecule has 0 spiro atoms. The Balaban J connectivity index is 1.98. The van der Waals surface area contributed by atoms with Gasteiger partial charge >= 0.3 is 5.97 Å². The molecular weight excluding hydrogens is 322 g/mol. The van der Waals surface area contributed by atoms with Gasteiger partial charge in [0, 0.05) is 5.39 Å². The standard InChI is InChI=1S/C23H19NO2/c1-3-26-23(25)22-14-19(20-12-15(2)8-11-21(20)24-22)18-10-9-16-6-4-5-7-17(16)13-18/h4-14H,3H2,1-2H3. The van der Waals surface area contributed by atoms with Gasteiger partial charge in [-0.15, -0.1) is 0 Å². The first-order valence-electron chi connectivity index (χ1n) is 8.73. The molecule has 128 valence electrons. The van der Waals surface area contributed by atoms with Crippen molar-refractivity contribution in [1.82, 2.24) is 4.98 Å². The lowest BCUT2D eigenvalue weighted by Crippen LogP contribution is -2.07. The highest BCUT2D eigenvalue weighted by Gasteiger charge is 2.14. The molecule has 0 aliphatic heterocycles. The summed E-state index contributed by atoms with van der Waals surface area (Å²) in [4.78, 5) is 16.8. The number of carbonyl (C=O) groups excluding carboxylic acids is 1. The Kier molecular flexibility index (Phi) is 4.13. The summed E-state index contributed by atoms with van der Waals surface area (Å²) in [6, 6.07) is 22.5. The van der Waals surface area contributed by atoms with E-state index >= 15 is 0 Å². The Morgan fingerprint density at radius 3 is 2.58 bits per heavy atom. The summed E-state index contributed by atoms with van der Waals surface area (Å²) in [5.41, 5.74) is 4.35. The average molecular weight is 341 g/mol. The number of rotatable bonds is 3. The lowest BCUT2D eigenvalue weighted by molar-refractivity contribution is 0.0520. The number of ether oxygens (including phenoxy) is 1. The van der Waals surface area contributed by atoms with Crippen LogP contribution in [0.2, 0.25) is 0 Å². The molecule has 0 atom stereocenters. The van der Waals surface area contributed by atoms with Gasteiger partial charge in [-0.1, -0.05) is 48.0 Å². The third-order valence-corrected chi connectivity index (χ3v) is 4.51. The summed E-state index contributed by atoms with van der Waals surface area (Å²) in [5.74, 6) is -0.392. The third kappa shape index (κ3) is 2.92. The summed E-state index contributed by atoms with van der Waals surface area (Å²) in [5, 5.41) is 3.39. The van der Waals surface area contributed by atoms with Crippen LogP contribution in [0, 0.1) is 6.92 Å². The van der Waals surface area contributed by atoms with Gasteiger partial charge in [0.1, 0.15) is 5.69 Å². The highest BCUT2D eigenvalue weighted by atomic mass is 16.5. The van der Waals surface area contributed by atoms with Crippen LogP contribution in [-0.4, -0.2) is 17.6 Å². The minimum Gasteiger partial charge on any atom is -0.461 e. The van der Waals surface area contributed by atoms with Gasteiger partial charge in [-0.2, -0.15) is 0 Å². The molecule has 0 fully saturated rings. The maximum absolute atomic E-state index is 12.3. The normalized spacial score (nSPS) is 11.0. The number of aromatic nitrogens is 1. The number of carbonyl (C=O) groups is 1. The van der Waals surface area contributed by atoms with Gasteiger partial charge in [0.15, 0.2) is 0 Å². The van der Waals surface area contributed by atoms with Crippen LogP contribution >= 0.6 is 0 Å². The number of aryl methyl sites for hydroxylation is 1. The second kappa shape index (κ2) is 6.60. The molecular formula is C23H19NO2. The molecule has 4 rings (SSSR count). The monoisotopic (exact) mass is 341 g/mol. The van der Waals surface area contributed by atoms with Crippen molar-refractivity contribution >= 4 is 27.6 Å². The third-order valence-electron chi connectivity index (χ3n) is 4.51. The van der Waals surface area contributed by atoms with Crippen molar-refractivity contribution in [3.05, 3.63) is 78.0 Å². The number of hydrogen-bond donors (Lipinski definition) is 0. The summed E-state index contributed by atoms with van der Waals surface area (Å²) in [6.07, 6.45) is 0. The molecule has 0 bridgehead atoms. The lowest BCUT2D eigenvalue weighted by atomic mass is 9.96. The first-order chi connectivity index (χ1) is 12.7. The molecule has 4 aromatic rings. The van der Waals surface area contributed by atoms with E-state index in [9.17, 15) is 4.79 Å². The van der Waals surface area contributed by atoms with Crippen LogP contribution < -0.4 is 0 Å². The van der Waals surface area contributed by atoms with Crippen LogP contribution in [0.25, 0.3) is 32.8 Å². The second-order valence-corrected chi connectivity index (χ2v) is 6.36. The number of benzene rings is 3. The van der Waals surface area contributed by atoms with E-state index in [0.29, 0.717) is 12.3 Å². The first-order valence-corrected chi connectivity index (χ1v) is 8.73. The summed E-state index contributed by atoms with van der Waals surface area (Å²) in [6.45, 7) is 4.19. The largest absolute Gasteiger partial charge is 0.461 e. The van der Waals surface area contributed by atoms with Crippen LogP contribution in [0.5, 0.6) is 0 Å². The number of pyridine rings is 1. The van der Waals surface area contributed by atoms with Crippen molar-refractivity contribution in [2.24, 2.45) is 0 Å². The minimum atomic E-state index is -0.392. The Bertz CT molecular complexity index is 1130. The zero-order valence-corrected chi connectivity index (χ0v) is 14.8. The Labute approximate surface area is 152 Å². The van der Waals surface area contributed by atoms with Crippen molar-refractivity contribution in [2.75, 3.05) is 6.61 Å². The Hall–Kier alpha value is -3.20. The molecule has 3 heteroatoms.